The second kappa shape index (κ2) is 6.72. The molecule has 0 bridgehead atoms. The summed E-state index contributed by atoms with van der Waals surface area (Å²) >= 11 is 0. The van der Waals surface area contributed by atoms with Crippen molar-refractivity contribution < 1.29 is 9.13 Å². The van der Waals surface area contributed by atoms with Crippen molar-refractivity contribution in [3.05, 3.63) is 35.6 Å². The van der Waals surface area contributed by atoms with Crippen LogP contribution in [0.1, 0.15) is 38.9 Å². The average molecular weight is 239 g/mol. The summed E-state index contributed by atoms with van der Waals surface area (Å²) in [6, 6.07) is 6.34. The number of ether oxygens (including phenoxy) is 1. The zero-order chi connectivity index (χ0) is 12.8. The molecular weight excluding hydrogens is 217 g/mol. The Morgan fingerprint density at radius 2 is 1.76 bits per heavy atom. The SMILES string of the molecule is CC(C)CC(C)OC(CN)c1ccc(F)cc1. The van der Waals surface area contributed by atoms with Gasteiger partial charge in [-0.3, -0.25) is 0 Å². The lowest BCUT2D eigenvalue weighted by molar-refractivity contribution is -0.00843. The van der Waals surface area contributed by atoms with Gasteiger partial charge in [0.25, 0.3) is 0 Å². The second-order valence-electron chi connectivity index (χ2n) is 4.85. The summed E-state index contributed by atoms with van der Waals surface area (Å²) in [5.41, 5.74) is 6.64. The molecule has 0 radical (unpaired) electrons. The molecule has 2 atom stereocenters. The van der Waals surface area contributed by atoms with Crippen LogP contribution >= 0.6 is 0 Å². The Kier molecular flexibility index (Phi) is 5.59. The molecule has 3 heteroatoms. The fraction of sp³-hybridized carbons (Fsp3) is 0.571. The summed E-state index contributed by atoms with van der Waals surface area (Å²) in [5, 5.41) is 0. The molecule has 1 aromatic carbocycles. The summed E-state index contributed by atoms with van der Waals surface area (Å²) in [5.74, 6) is 0.358. The van der Waals surface area contributed by atoms with Crippen molar-refractivity contribution >= 4 is 0 Å². The first-order valence-electron chi connectivity index (χ1n) is 6.14. The lowest BCUT2D eigenvalue weighted by Crippen LogP contribution is -2.22. The third kappa shape index (κ3) is 4.84. The largest absolute Gasteiger partial charge is 0.369 e. The molecule has 0 saturated heterocycles. The van der Waals surface area contributed by atoms with E-state index in [4.69, 9.17) is 10.5 Å². The quantitative estimate of drug-likeness (QED) is 0.826. The van der Waals surface area contributed by atoms with Crippen LogP contribution in [0.3, 0.4) is 0 Å². The van der Waals surface area contributed by atoms with Crippen LogP contribution in [0.15, 0.2) is 24.3 Å². The van der Waals surface area contributed by atoms with Crippen LogP contribution in [0.25, 0.3) is 0 Å². The molecule has 2 N–H and O–H groups in total. The standard InChI is InChI=1S/C14H22FNO/c1-10(2)8-11(3)17-14(9-16)12-4-6-13(15)7-5-12/h4-7,10-11,14H,8-9,16H2,1-3H3. The van der Waals surface area contributed by atoms with Gasteiger partial charge in [0.1, 0.15) is 5.82 Å². The summed E-state index contributed by atoms with van der Waals surface area (Å²) in [7, 11) is 0. The van der Waals surface area contributed by atoms with Gasteiger partial charge in [0.2, 0.25) is 0 Å². The normalized spacial score (nSPS) is 14.9. The van der Waals surface area contributed by atoms with Crippen molar-refractivity contribution in [3.63, 3.8) is 0 Å². The van der Waals surface area contributed by atoms with E-state index >= 15 is 0 Å². The number of rotatable bonds is 6. The van der Waals surface area contributed by atoms with Crippen molar-refractivity contribution in [2.24, 2.45) is 11.7 Å². The highest BCUT2D eigenvalue weighted by atomic mass is 19.1. The Morgan fingerprint density at radius 3 is 2.24 bits per heavy atom. The monoisotopic (exact) mass is 239 g/mol. The lowest BCUT2D eigenvalue weighted by Gasteiger charge is -2.22. The van der Waals surface area contributed by atoms with Crippen LogP contribution in [0.5, 0.6) is 0 Å². The minimum atomic E-state index is -0.236. The first kappa shape index (κ1) is 14.1. The number of benzene rings is 1. The maximum atomic E-state index is 12.8. The van der Waals surface area contributed by atoms with Crippen molar-refractivity contribution in [2.45, 2.75) is 39.4 Å². The van der Waals surface area contributed by atoms with Gasteiger partial charge in [0, 0.05) is 6.54 Å². The van der Waals surface area contributed by atoms with Crippen LogP contribution < -0.4 is 5.73 Å². The Morgan fingerprint density at radius 1 is 1.18 bits per heavy atom. The molecule has 0 aliphatic carbocycles. The lowest BCUT2D eigenvalue weighted by atomic mass is 10.1. The van der Waals surface area contributed by atoms with Gasteiger partial charge in [-0.25, -0.2) is 4.39 Å². The van der Waals surface area contributed by atoms with Crippen molar-refractivity contribution in [1.82, 2.24) is 0 Å². The fourth-order valence-corrected chi connectivity index (χ4v) is 1.95. The molecule has 0 spiro atoms. The highest BCUT2D eigenvalue weighted by Gasteiger charge is 2.15. The molecule has 0 aromatic heterocycles. The molecule has 2 unspecified atom stereocenters. The number of hydrogen-bond donors (Lipinski definition) is 1. The molecule has 0 saturated carbocycles. The summed E-state index contributed by atoms with van der Waals surface area (Å²) < 4.78 is 18.7. The molecule has 0 amide bonds. The number of nitrogens with two attached hydrogens (primary N) is 1. The van der Waals surface area contributed by atoms with E-state index in [1.165, 1.54) is 12.1 Å². The maximum Gasteiger partial charge on any atom is 0.123 e. The van der Waals surface area contributed by atoms with Gasteiger partial charge in [-0.05, 0) is 37.0 Å². The van der Waals surface area contributed by atoms with Crippen LogP contribution in [0.4, 0.5) is 4.39 Å². The van der Waals surface area contributed by atoms with E-state index in [-0.39, 0.29) is 18.0 Å². The van der Waals surface area contributed by atoms with Gasteiger partial charge in [-0.1, -0.05) is 26.0 Å². The van der Waals surface area contributed by atoms with Crippen molar-refractivity contribution in [1.29, 1.82) is 0 Å². The van der Waals surface area contributed by atoms with E-state index in [0.29, 0.717) is 12.5 Å². The highest BCUT2D eigenvalue weighted by Crippen LogP contribution is 2.21. The van der Waals surface area contributed by atoms with Crippen molar-refractivity contribution in [3.8, 4) is 0 Å². The van der Waals surface area contributed by atoms with Gasteiger partial charge in [-0.15, -0.1) is 0 Å². The first-order chi connectivity index (χ1) is 8.02. The Balaban J connectivity index is 2.62. The maximum absolute atomic E-state index is 12.8. The Labute approximate surface area is 103 Å². The molecule has 2 nitrogen and oxygen atoms in total. The summed E-state index contributed by atoms with van der Waals surface area (Å²) in [4.78, 5) is 0. The Bertz CT molecular complexity index is 323. The van der Waals surface area contributed by atoms with Crippen LogP contribution in [0, 0.1) is 11.7 Å². The zero-order valence-electron chi connectivity index (χ0n) is 10.8. The van der Waals surface area contributed by atoms with Gasteiger partial charge >= 0.3 is 0 Å². The third-order valence-electron chi connectivity index (χ3n) is 2.66. The first-order valence-corrected chi connectivity index (χ1v) is 6.14. The van der Waals surface area contributed by atoms with E-state index < -0.39 is 0 Å². The fourth-order valence-electron chi connectivity index (χ4n) is 1.95. The number of halogens is 1. The van der Waals surface area contributed by atoms with Gasteiger partial charge < -0.3 is 10.5 Å². The van der Waals surface area contributed by atoms with Crippen molar-refractivity contribution in [2.75, 3.05) is 6.54 Å². The van der Waals surface area contributed by atoms with E-state index in [9.17, 15) is 4.39 Å². The van der Waals surface area contributed by atoms with Gasteiger partial charge in [-0.2, -0.15) is 0 Å². The average Bonchev–Trinajstić information content (AvgIpc) is 2.26. The van der Waals surface area contributed by atoms with Gasteiger partial charge in [0.05, 0.1) is 12.2 Å². The molecule has 1 rings (SSSR count). The van der Waals surface area contributed by atoms with Gasteiger partial charge in [0.15, 0.2) is 0 Å². The second-order valence-corrected chi connectivity index (χ2v) is 4.85. The van der Waals surface area contributed by atoms with Crippen LogP contribution in [-0.4, -0.2) is 12.6 Å². The molecule has 0 fully saturated rings. The Hall–Kier alpha value is -0.930. The highest BCUT2D eigenvalue weighted by molar-refractivity contribution is 5.19. The topological polar surface area (TPSA) is 35.2 Å². The van der Waals surface area contributed by atoms with Crippen LogP contribution in [0.2, 0.25) is 0 Å². The minimum absolute atomic E-state index is 0.149. The summed E-state index contributed by atoms with van der Waals surface area (Å²) in [6.07, 6.45) is 1.01. The van der Waals surface area contributed by atoms with E-state index in [1.54, 1.807) is 12.1 Å². The van der Waals surface area contributed by atoms with E-state index in [1.807, 2.05) is 6.92 Å². The van der Waals surface area contributed by atoms with Crippen LogP contribution in [-0.2, 0) is 4.74 Å². The smallest absolute Gasteiger partial charge is 0.123 e. The minimum Gasteiger partial charge on any atom is -0.369 e. The third-order valence-corrected chi connectivity index (χ3v) is 2.66. The predicted molar refractivity (Wildman–Crippen MR) is 68.2 cm³/mol. The predicted octanol–water partition coefficient (Wildman–Crippen LogP) is 3.28. The summed E-state index contributed by atoms with van der Waals surface area (Å²) in [6.45, 7) is 6.78. The molecule has 17 heavy (non-hydrogen) atoms. The molecule has 0 aliphatic heterocycles. The molecule has 0 heterocycles. The van der Waals surface area contributed by atoms with E-state index in [2.05, 4.69) is 13.8 Å². The van der Waals surface area contributed by atoms with E-state index in [0.717, 1.165) is 12.0 Å². The molecular formula is C14H22FNO. The number of hydrogen-bond acceptors (Lipinski definition) is 2. The molecule has 1 aromatic rings. The molecule has 96 valence electrons. The molecule has 0 aliphatic rings. The zero-order valence-corrected chi connectivity index (χ0v) is 10.8.